The van der Waals surface area contributed by atoms with E-state index in [4.69, 9.17) is 9.84 Å². The number of anilines is 1. The number of hydrogen-bond donors (Lipinski definition) is 1. The fourth-order valence-electron chi connectivity index (χ4n) is 4.23. The van der Waals surface area contributed by atoms with E-state index in [2.05, 4.69) is 45.7 Å². The topological polar surface area (TPSA) is 55.2 Å². The Morgan fingerprint density at radius 2 is 1.83 bits per heavy atom. The molecule has 1 saturated carbocycles. The summed E-state index contributed by atoms with van der Waals surface area (Å²) in [6.07, 6.45) is 7.90. The molecule has 29 heavy (non-hydrogen) atoms. The maximum atomic E-state index is 5.74. The average molecular weight is 395 g/mol. The van der Waals surface area contributed by atoms with Crippen molar-refractivity contribution in [1.29, 1.82) is 0 Å². The van der Waals surface area contributed by atoms with Gasteiger partial charge < -0.3 is 15.0 Å². The summed E-state index contributed by atoms with van der Waals surface area (Å²) in [6.45, 7) is 2.72. The van der Waals surface area contributed by atoms with Crippen LogP contribution < -0.4 is 15.0 Å². The molecule has 6 nitrogen and oxygen atoms in total. The van der Waals surface area contributed by atoms with Gasteiger partial charge in [-0.25, -0.2) is 9.67 Å². The summed E-state index contributed by atoms with van der Waals surface area (Å²) < 4.78 is 7.69. The van der Waals surface area contributed by atoms with Crippen molar-refractivity contribution >= 4 is 5.69 Å². The SMILES string of the molecule is F.[HH].c1cnc2c(c1)-c1nn(-c3ccc(N4CC(NC5CCC5)C4)cc3)cc1CO2. The van der Waals surface area contributed by atoms with Crippen LogP contribution in [0.5, 0.6) is 5.88 Å². The van der Waals surface area contributed by atoms with Crippen molar-refractivity contribution in [3.63, 3.8) is 0 Å². The Bertz CT molecular complexity index is 1010. The molecule has 1 saturated heterocycles. The van der Waals surface area contributed by atoms with Gasteiger partial charge in [-0.05, 0) is 49.2 Å². The van der Waals surface area contributed by atoms with Crippen molar-refractivity contribution in [2.45, 2.75) is 38.0 Å². The quantitative estimate of drug-likeness (QED) is 0.732. The molecule has 0 amide bonds. The first-order valence-electron chi connectivity index (χ1n) is 10.1. The van der Waals surface area contributed by atoms with Gasteiger partial charge in [-0.15, -0.1) is 0 Å². The molecule has 3 aromatic rings. The number of benzene rings is 1. The van der Waals surface area contributed by atoms with Crippen molar-refractivity contribution in [2.24, 2.45) is 0 Å². The molecule has 3 aliphatic rings. The second kappa shape index (κ2) is 7.15. The lowest BCUT2D eigenvalue weighted by Gasteiger charge is -2.44. The number of pyridine rings is 1. The van der Waals surface area contributed by atoms with Gasteiger partial charge in [-0.2, -0.15) is 5.10 Å². The molecule has 1 aliphatic carbocycles. The normalized spacial score (nSPS) is 18.0. The third kappa shape index (κ3) is 3.15. The number of halogens is 1. The van der Waals surface area contributed by atoms with E-state index >= 15 is 0 Å². The summed E-state index contributed by atoms with van der Waals surface area (Å²) in [4.78, 5) is 6.73. The zero-order chi connectivity index (χ0) is 18.5. The van der Waals surface area contributed by atoms with E-state index in [0.29, 0.717) is 18.5 Å². The van der Waals surface area contributed by atoms with E-state index < -0.39 is 0 Å². The van der Waals surface area contributed by atoms with Gasteiger partial charge in [0.1, 0.15) is 12.3 Å². The van der Waals surface area contributed by atoms with Gasteiger partial charge in [0.05, 0.1) is 11.3 Å². The van der Waals surface area contributed by atoms with Crippen LogP contribution in [0.3, 0.4) is 0 Å². The van der Waals surface area contributed by atoms with E-state index in [1.54, 1.807) is 6.20 Å². The highest BCUT2D eigenvalue weighted by atomic mass is 19.0. The van der Waals surface area contributed by atoms with E-state index in [1.165, 1.54) is 24.9 Å². The van der Waals surface area contributed by atoms with Gasteiger partial charge in [0.2, 0.25) is 5.88 Å². The lowest BCUT2D eigenvalue weighted by atomic mass is 9.91. The number of hydrogen-bond acceptors (Lipinski definition) is 5. The first-order valence-corrected chi connectivity index (χ1v) is 10.1. The highest BCUT2D eigenvalue weighted by Crippen LogP contribution is 2.35. The Kier molecular flexibility index (Phi) is 4.47. The predicted molar refractivity (Wildman–Crippen MR) is 113 cm³/mol. The minimum atomic E-state index is 0. The number of nitrogens with one attached hydrogen (secondary N) is 1. The molecule has 0 atom stereocenters. The zero-order valence-corrected chi connectivity index (χ0v) is 16.1. The Morgan fingerprint density at radius 1 is 1.03 bits per heavy atom. The second-order valence-electron chi connectivity index (χ2n) is 8.01. The number of ether oxygens (including phenoxy) is 1. The summed E-state index contributed by atoms with van der Waals surface area (Å²) in [5, 5.41) is 8.56. The first-order chi connectivity index (χ1) is 13.8. The van der Waals surface area contributed by atoms with Gasteiger partial charge in [-0.1, -0.05) is 6.42 Å². The summed E-state index contributed by atoms with van der Waals surface area (Å²) in [5.74, 6) is 0.665. The fourth-order valence-corrected chi connectivity index (χ4v) is 4.23. The Morgan fingerprint density at radius 3 is 2.59 bits per heavy atom. The maximum absolute atomic E-state index is 5.74. The summed E-state index contributed by atoms with van der Waals surface area (Å²) in [5.41, 5.74) is 5.37. The molecule has 152 valence electrons. The molecule has 0 radical (unpaired) electrons. The number of aromatic nitrogens is 3. The van der Waals surface area contributed by atoms with E-state index in [0.717, 1.165) is 41.6 Å². The third-order valence-corrected chi connectivity index (χ3v) is 6.12. The van der Waals surface area contributed by atoms with Crippen LogP contribution >= 0.6 is 0 Å². The van der Waals surface area contributed by atoms with Gasteiger partial charge in [0, 0.05) is 50.2 Å². The molecule has 2 aliphatic heterocycles. The highest BCUT2D eigenvalue weighted by Gasteiger charge is 2.30. The van der Waals surface area contributed by atoms with Crippen LogP contribution in [-0.2, 0) is 6.61 Å². The third-order valence-electron chi connectivity index (χ3n) is 6.12. The van der Waals surface area contributed by atoms with Gasteiger partial charge in [0.15, 0.2) is 0 Å². The van der Waals surface area contributed by atoms with Crippen molar-refractivity contribution in [1.82, 2.24) is 20.1 Å². The number of nitrogens with zero attached hydrogens (tertiary/aromatic N) is 4. The standard InChI is InChI=1S/C22H23N5O.FH.H2/c1-3-16(4-1)24-17-12-26(13-17)18-6-8-19(9-7-18)27-11-15-14-28-22-20(21(15)25-27)5-2-10-23-22;;/h2,5-11,16-17,24H,1,3-4,12-14H2;2*1H. The van der Waals surface area contributed by atoms with Crippen LogP contribution in [0.1, 0.15) is 26.3 Å². The van der Waals surface area contributed by atoms with Gasteiger partial charge >= 0.3 is 0 Å². The maximum Gasteiger partial charge on any atom is 0.223 e. The van der Waals surface area contributed by atoms with Crippen LogP contribution in [0.15, 0.2) is 48.8 Å². The Labute approximate surface area is 170 Å². The van der Waals surface area contributed by atoms with Crippen LogP contribution in [-0.4, -0.2) is 39.9 Å². The summed E-state index contributed by atoms with van der Waals surface area (Å²) in [6, 6.07) is 14.0. The second-order valence-corrected chi connectivity index (χ2v) is 8.01. The molecule has 1 N–H and O–H groups in total. The van der Waals surface area contributed by atoms with Crippen molar-refractivity contribution in [3.05, 3.63) is 54.4 Å². The Balaban J connectivity index is 0.00000109. The van der Waals surface area contributed by atoms with Crippen molar-refractivity contribution in [2.75, 3.05) is 18.0 Å². The zero-order valence-electron chi connectivity index (χ0n) is 16.1. The molecule has 4 heterocycles. The van der Waals surface area contributed by atoms with Crippen molar-refractivity contribution < 1.29 is 10.9 Å². The number of fused-ring (bicyclic) bond motifs is 3. The average Bonchev–Trinajstić information content (AvgIpc) is 3.11. The van der Waals surface area contributed by atoms with Crippen LogP contribution in [0.2, 0.25) is 0 Å². The summed E-state index contributed by atoms with van der Waals surface area (Å²) >= 11 is 0. The largest absolute Gasteiger partial charge is 0.472 e. The Hall–Kier alpha value is -2.93. The molecular formula is C22H26FN5O. The molecule has 6 rings (SSSR count). The molecule has 1 aromatic carbocycles. The number of rotatable bonds is 4. The fraction of sp³-hybridized carbons (Fsp3) is 0.364. The lowest BCUT2D eigenvalue weighted by Crippen LogP contribution is -2.61. The molecule has 2 fully saturated rings. The van der Waals surface area contributed by atoms with Crippen LogP contribution in [0, 0.1) is 0 Å². The predicted octanol–water partition coefficient (Wildman–Crippen LogP) is 3.56. The van der Waals surface area contributed by atoms with Crippen molar-refractivity contribution in [3.8, 4) is 22.8 Å². The van der Waals surface area contributed by atoms with E-state index in [-0.39, 0.29) is 6.13 Å². The molecule has 0 spiro atoms. The first kappa shape index (κ1) is 18.1. The van der Waals surface area contributed by atoms with Gasteiger partial charge in [0.25, 0.3) is 0 Å². The molecule has 0 unspecified atom stereocenters. The lowest BCUT2D eigenvalue weighted by molar-refractivity contribution is 0.279. The molecular weight excluding hydrogens is 369 g/mol. The smallest absolute Gasteiger partial charge is 0.223 e. The van der Waals surface area contributed by atoms with E-state index in [1.807, 2.05) is 16.8 Å². The molecule has 7 heteroatoms. The summed E-state index contributed by atoms with van der Waals surface area (Å²) in [7, 11) is 0. The van der Waals surface area contributed by atoms with E-state index in [9.17, 15) is 0 Å². The van der Waals surface area contributed by atoms with Crippen LogP contribution in [0.4, 0.5) is 10.4 Å². The molecule has 2 aromatic heterocycles. The monoisotopic (exact) mass is 395 g/mol. The van der Waals surface area contributed by atoms with Gasteiger partial charge in [-0.3, -0.25) is 4.70 Å². The minimum Gasteiger partial charge on any atom is -0.472 e. The van der Waals surface area contributed by atoms with Crippen LogP contribution in [0.25, 0.3) is 16.9 Å². The molecule has 0 bridgehead atoms. The highest BCUT2D eigenvalue weighted by molar-refractivity contribution is 5.69. The minimum absolute atomic E-state index is 0.